The molecule has 6 nitrogen and oxygen atoms in total. The summed E-state index contributed by atoms with van der Waals surface area (Å²) in [6.07, 6.45) is -2.64. The zero-order valence-electron chi connectivity index (χ0n) is 15.3. The fraction of sp³-hybridized carbons (Fsp3) is 0.471. The van der Waals surface area contributed by atoms with Gasteiger partial charge in [0.25, 0.3) is 0 Å². The number of pyridine rings is 1. The maximum absolute atomic E-state index is 12.7. The second-order valence-corrected chi connectivity index (χ2v) is 6.90. The van der Waals surface area contributed by atoms with Gasteiger partial charge in [-0.1, -0.05) is 6.07 Å². The van der Waals surface area contributed by atoms with Gasteiger partial charge < -0.3 is 15.1 Å². The first kappa shape index (κ1) is 22.7. The summed E-state index contributed by atoms with van der Waals surface area (Å²) in [5, 5.41) is 4.59. The summed E-state index contributed by atoms with van der Waals surface area (Å²) in [6, 6.07) is 5.83. The number of rotatable bonds is 4. The van der Waals surface area contributed by atoms with Gasteiger partial charge in [-0.15, -0.1) is 35.3 Å². The molecule has 1 fully saturated rings. The Hall–Kier alpha value is -1.63. The lowest BCUT2D eigenvalue weighted by molar-refractivity contribution is -0.140. The summed E-state index contributed by atoms with van der Waals surface area (Å²) in [6.45, 7) is 5.90. The molecule has 1 saturated heterocycles. The van der Waals surface area contributed by atoms with Gasteiger partial charge >= 0.3 is 6.18 Å². The molecule has 0 spiro atoms. The molecule has 0 aliphatic carbocycles. The quantitative estimate of drug-likeness (QED) is 0.376. The van der Waals surface area contributed by atoms with Crippen LogP contribution in [0.25, 0.3) is 0 Å². The van der Waals surface area contributed by atoms with Crippen LogP contribution in [0.15, 0.2) is 34.8 Å². The lowest BCUT2D eigenvalue weighted by atomic mass is 10.3. The van der Waals surface area contributed by atoms with Crippen LogP contribution in [0.2, 0.25) is 0 Å². The largest absolute Gasteiger partial charge is 0.434 e. The van der Waals surface area contributed by atoms with Gasteiger partial charge in [-0.05, 0) is 19.1 Å². The number of guanidine groups is 1. The third-order valence-corrected chi connectivity index (χ3v) is 4.93. The summed E-state index contributed by atoms with van der Waals surface area (Å²) in [4.78, 5) is 16.8. The standard InChI is InChI=1S/C17H21F3N6S.HI/c1-2-21-16(23-11-15-24-13(12-27-15)17(18,19)20)26-9-7-25(8-10-26)14-5-3-4-6-22-14;/h3-6,12H,2,7-11H2,1H3,(H,21,23);1H. The summed E-state index contributed by atoms with van der Waals surface area (Å²) in [5.74, 6) is 1.64. The first-order valence-corrected chi connectivity index (χ1v) is 9.56. The third kappa shape index (κ3) is 5.93. The Bertz CT molecular complexity index is 760. The van der Waals surface area contributed by atoms with Crippen LogP contribution >= 0.6 is 35.3 Å². The van der Waals surface area contributed by atoms with Crippen LogP contribution in [0.3, 0.4) is 0 Å². The van der Waals surface area contributed by atoms with Crippen LogP contribution in [0, 0.1) is 0 Å². The van der Waals surface area contributed by atoms with Gasteiger partial charge in [-0.3, -0.25) is 0 Å². The van der Waals surface area contributed by atoms with Crippen molar-refractivity contribution < 1.29 is 13.2 Å². The van der Waals surface area contributed by atoms with E-state index >= 15 is 0 Å². The number of piperazine rings is 1. The molecule has 3 rings (SSSR count). The monoisotopic (exact) mass is 526 g/mol. The van der Waals surface area contributed by atoms with Crippen LogP contribution in [0.5, 0.6) is 0 Å². The van der Waals surface area contributed by atoms with Crippen molar-refractivity contribution in [2.45, 2.75) is 19.6 Å². The lowest BCUT2D eigenvalue weighted by Crippen LogP contribution is -2.52. The van der Waals surface area contributed by atoms with Gasteiger partial charge in [0, 0.05) is 44.3 Å². The minimum absolute atomic E-state index is 0. The predicted molar refractivity (Wildman–Crippen MR) is 115 cm³/mol. The van der Waals surface area contributed by atoms with Crippen LogP contribution in [-0.4, -0.2) is 53.6 Å². The van der Waals surface area contributed by atoms with Crippen LogP contribution < -0.4 is 10.2 Å². The molecule has 3 heterocycles. The number of thiazole rings is 1. The first-order chi connectivity index (χ1) is 13.0. The first-order valence-electron chi connectivity index (χ1n) is 8.68. The van der Waals surface area contributed by atoms with Crippen molar-refractivity contribution in [3.05, 3.63) is 40.5 Å². The number of aromatic nitrogens is 2. The van der Waals surface area contributed by atoms with Crippen molar-refractivity contribution in [2.24, 2.45) is 4.99 Å². The molecular formula is C17H22F3IN6S. The Morgan fingerprint density at radius 3 is 2.57 bits per heavy atom. The van der Waals surface area contributed by atoms with Crippen LogP contribution in [-0.2, 0) is 12.7 Å². The molecule has 2 aromatic heterocycles. The Morgan fingerprint density at radius 2 is 2.00 bits per heavy atom. The Labute approximate surface area is 182 Å². The fourth-order valence-electron chi connectivity index (χ4n) is 2.77. The molecule has 0 radical (unpaired) electrons. The van der Waals surface area contributed by atoms with Crippen molar-refractivity contribution in [1.29, 1.82) is 0 Å². The van der Waals surface area contributed by atoms with Crippen molar-refractivity contribution in [3.63, 3.8) is 0 Å². The zero-order chi connectivity index (χ0) is 19.3. The lowest BCUT2D eigenvalue weighted by Gasteiger charge is -2.37. The van der Waals surface area contributed by atoms with Gasteiger partial charge in [0.15, 0.2) is 11.7 Å². The number of anilines is 1. The minimum Gasteiger partial charge on any atom is -0.357 e. The van der Waals surface area contributed by atoms with Crippen LogP contribution in [0.1, 0.15) is 17.6 Å². The molecule has 0 aromatic carbocycles. The highest BCUT2D eigenvalue weighted by Gasteiger charge is 2.33. The van der Waals surface area contributed by atoms with E-state index in [9.17, 15) is 13.2 Å². The summed E-state index contributed by atoms with van der Waals surface area (Å²) >= 11 is 0.980. The molecular weight excluding hydrogens is 504 g/mol. The summed E-state index contributed by atoms with van der Waals surface area (Å²) in [7, 11) is 0. The topological polar surface area (TPSA) is 56.7 Å². The number of nitrogens with zero attached hydrogens (tertiary/aromatic N) is 5. The number of alkyl halides is 3. The highest BCUT2D eigenvalue weighted by molar-refractivity contribution is 14.0. The van der Waals surface area contributed by atoms with E-state index in [1.807, 2.05) is 25.1 Å². The Morgan fingerprint density at radius 1 is 1.25 bits per heavy atom. The molecule has 0 bridgehead atoms. The maximum atomic E-state index is 12.7. The molecule has 1 N–H and O–H groups in total. The maximum Gasteiger partial charge on any atom is 0.434 e. The Kier molecular flexibility index (Phi) is 8.28. The van der Waals surface area contributed by atoms with E-state index in [2.05, 4.69) is 30.1 Å². The van der Waals surface area contributed by atoms with E-state index in [4.69, 9.17) is 0 Å². The van der Waals surface area contributed by atoms with Gasteiger partial charge in [0.05, 0.1) is 6.54 Å². The molecule has 1 aliphatic rings. The van der Waals surface area contributed by atoms with Crippen molar-refractivity contribution in [2.75, 3.05) is 37.6 Å². The summed E-state index contributed by atoms with van der Waals surface area (Å²) < 4.78 is 38.0. The summed E-state index contributed by atoms with van der Waals surface area (Å²) in [5.41, 5.74) is -0.855. The van der Waals surface area contributed by atoms with E-state index in [-0.39, 0.29) is 30.5 Å². The molecule has 28 heavy (non-hydrogen) atoms. The van der Waals surface area contributed by atoms with Crippen molar-refractivity contribution in [3.8, 4) is 0 Å². The molecule has 2 aromatic rings. The van der Waals surface area contributed by atoms with E-state index in [0.717, 1.165) is 48.7 Å². The molecule has 154 valence electrons. The van der Waals surface area contributed by atoms with Gasteiger partial charge in [-0.25, -0.2) is 15.0 Å². The second-order valence-electron chi connectivity index (χ2n) is 5.96. The molecule has 11 heteroatoms. The molecule has 1 aliphatic heterocycles. The van der Waals surface area contributed by atoms with E-state index in [0.29, 0.717) is 17.5 Å². The molecule has 0 saturated carbocycles. The number of aliphatic imine (C=N–C) groups is 1. The third-order valence-electron chi connectivity index (χ3n) is 4.09. The zero-order valence-corrected chi connectivity index (χ0v) is 18.5. The fourth-order valence-corrected chi connectivity index (χ4v) is 3.49. The number of nitrogens with one attached hydrogen (secondary N) is 1. The average molecular weight is 526 g/mol. The smallest absolute Gasteiger partial charge is 0.357 e. The second kappa shape index (κ2) is 10.2. The van der Waals surface area contributed by atoms with E-state index < -0.39 is 11.9 Å². The van der Waals surface area contributed by atoms with Crippen molar-refractivity contribution >= 4 is 47.1 Å². The molecule has 0 atom stereocenters. The SMILES string of the molecule is CCNC(=NCc1nc(C(F)(F)F)cs1)N1CCN(c2ccccn2)CC1.I. The predicted octanol–water partition coefficient (Wildman–Crippen LogP) is 3.46. The highest BCUT2D eigenvalue weighted by Crippen LogP contribution is 2.30. The highest BCUT2D eigenvalue weighted by atomic mass is 127. The van der Waals surface area contributed by atoms with Crippen molar-refractivity contribution in [1.82, 2.24) is 20.2 Å². The Balaban J connectivity index is 0.00000280. The van der Waals surface area contributed by atoms with E-state index in [1.54, 1.807) is 6.20 Å². The normalized spacial score (nSPS) is 15.4. The number of hydrogen-bond donors (Lipinski definition) is 1. The number of hydrogen-bond acceptors (Lipinski definition) is 5. The molecule has 0 amide bonds. The van der Waals surface area contributed by atoms with Gasteiger partial charge in [-0.2, -0.15) is 13.2 Å². The van der Waals surface area contributed by atoms with E-state index in [1.165, 1.54) is 0 Å². The van der Waals surface area contributed by atoms with Crippen LogP contribution in [0.4, 0.5) is 19.0 Å². The minimum atomic E-state index is -4.41. The number of halogens is 4. The average Bonchev–Trinajstić information content (AvgIpc) is 3.16. The molecule has 0 unspecified atom stereocenters. The van der Waals surface area contributed by atoms with Gasteiger partial charge in [0.1, 0.15) is 10.8 Å². The van der Waals surface area contributed by atoms with Gasteiger partial charge in [0.2, 0.25) is 0 Å².